The molecule has 2 rings (SSSR count). The van der Waals surface area contributed by atoms with E-state index in [1.807, 2.05) is 0 Å². The fourth-order valence-corrected chi connectivity index (χ4v) is 1.93. The van der Waals surface area contributed by atoms with Gasteiger partial charge in [0.2, 0.25) is 0 Å². The first-order valence-corrected chi connectivity index (χ1v) is 5.71. The molecule has 0 aliphatic carbocycles. The molecular weight excluding hydrogens is 253 g/mol. The molecule has 0 amide bonds. The van der Waals surface area contributed by atoms with Crippen LogP contribution in [0.3, 0.4) is 0 Å². The van der Waals surface area contributed by atoms with Crippen LogP contribution in [0.4, 0.5) is 5.82 Å². The summed E-state index contributed by atoms with van der Waals surface area (Å²) in [6.45, 7) is 0.610. The maximum absolute atomic E-state index is 11.8. The molecule has 0 spiro atoms. The van der Waals surface area contributed by atoms with Gasteiger partial charge in [0.25, 0.3) is 5.56 Å². The largest absolute Gasteiger partial charge is 0.381 e. The van der Waals surface area contributed by atoms with E-state index in [4.69, 9.17) is 33.7 Å². The van der Waals surface area contributed by atoms with Gasteiger partial charge in [-0.25, -0.2) is 0 Å². The van der Waals surface area contributed by atoms with Gasteiger partial charge in [-0.1, -0.05) is 23.2 Å². The number of halogens is 2. The first-order valence-electron chi connectivity index (χ1n) is 4.96. The number of anilines is 1. The van der Waals surface area contributed by atoms with E-state index in [9.17, 15) is 4.79 Å². The number of nitrogens with two attached hydrogens (primary N) is 1. The van der Waals surface area contributed by atoms with Crippen molar-refractivity contribution in [3.05, 3.63) is 20.4 Å². The van der Waals surface area contributed by atoms with Gasteiger partial charge < -0.3 is 10.5 Å². The van der Waals surface area contributed by atoms with Crippen LogP contribution in [0.25, 0.3) is 0 Å². The van der Waals surface area contributed by atoms with E-state index in [1.54, 1.807) is 0 Å². The molecule has 7 heteroatoms. The van der Waals surface area contributed by atoms with Gasteiger partial charge in [0.15, 0.2) is 12.0 Å². The van der Waals surface area contributed by atoms with Crippen LogP contribution in [0, 0.1) is 0 Å². The molecule has 1 aromatic rings. The van der Waals surface area contributed by atoms with Gasteiger partial charge in [0.1, 0.15) is 10.0 Å². The minimum absolute atomic E-state index is 0.00118. The third-order valence-electron chi connectivity index (χ3n) is 2.46. The zero-order valence-electron chi connectivity index (χ0n) is 8.45. The Morgan fingerprint density at radius 1 is 1.38 bits per heavy atom. The van der Waals surface area contributed by atoms with Crippen LogP contribution in [-0.4, -0.2) is 16.4 Å². The molecule has 1 aromatic heterocycles. The second kappa shape index (κ2) is 4.61. The van der Waals surface area contributed by atoms with Crippen LogP contribution in [0.15, 0.2) is 4.79 Å². The van der Waals surface area contributed by atoms with Crippen LogP contribution >= 0.6 is 23.2 Å². The van der Waals surface area contributed by atoms with E-state index in [0.29, 0.717) is 6.61 Å². The Bertz CT molecular complexity index is 455. The van der Waals surface area contributed by atoms with Crippen molar-refractivity contribution in [2.45, 2.75) is 25.5 Å². The smallest absolute Gasteiger partial charge is 0.289 e. The molecule has 1 aliphatic heterocycles. The molecule has 88 valence electrons. The van der Waals surface area contributed by atoms with Gasteiger partial charge in [-0.2, -0.15) is 4.68 Å². The Morgan fingerprint density at radius 2 is 2.12 bits per heavy atom. The zero-order valence-corrected chi connectivity index (χ0v) is 9.96. The Hall–Kier alpha value is -0.780. The molecule has 1 saturated heterocycles. The lowest BCUT2D eigenvalue weighted by Crippen LogP contribution is -2.32. The zero-order chi connectivity index (χ0) is 11.7. The molecule has 1 fully saturated rings. The van der Waals surface area contributed by atoms with E-state index in [-0.39, 0.29) is 15.9 Å². The molecule has 1 unspecified atom stereocenters. The first kappa shape index (κ1) is 11.7. The summed E-state index contributed by atoms with van der Waals surface area (Å²) < 4.78 is 6.61. The predicted octanol–water partition coefficient (Wildman–Crippen LogP) is 1.83. The van der Waals surface area contributed by atoms with Crippen LogP contribution < -0.4 is 11.3 Å². The quantitative estimate of drug-likeness (QED) is 0.840. The normalized spacial score (nSPS) is 21.0. The number of hydrogen-bond donors (Lipinski definition) is 1. The van der Waals surface area contributed by atoms with Crippen LogP contribution in [0.5, 0.6) is 0 Å². The number of nitrogens with zero attached hydrogens (tertiary/aromatic N) is 2. The summed E-state index contributed by atoms with van der Waals surface area (Å²) in [6, 6.07) is 0. The lowest BCUT2D eigenvalue weighted by atomic mass is 10.2. The second-order valence-electron chi connectivity index (χ2n) is 3.58. The number of hydrogen-bond acceptors (Lipinski definition) is 4. The minimum Gasteiger partial charge on any atom is -0.381 e. The highest BCUT2D eigenvalue weighted by Crippen LogP contribution is 2.25. The molecule has 0 bridgehead atoms. The van der Waals surface area contributed by atoms with E-state index in [1.165, 1.54) is 4.68 Å². The van der Waals surface area contributed by atoms with Crippen LogP contribution in [0.2, 0.25) is 10.0 Å². The molecule has 5 nitrogen and oxygen atoms in total. The van der Waals surface area contributed by atoms with Gasteiger partial charge in [-0.05, 0) is 19.3 Å². The maximum atomic E-state index is 11.8. The number of rotatable bonds is 1. The van der Waals surface area contributed by atoms with Gasteiger partial charge >= 0.3 is 0 Å². The molecular formula is C9H11Cl2N3O2. The summed E-state index contributed by atoms with van der Waals surface area (Å²) in [7, 11) is 0. The highest BCUT2D eigenvalue weighted by molar-refractivity contribution is 6.43. The van der Waals surface area contributed by atoms with E-state index in [0.717, 1.165) is 19.3 Å². The molecule has 0 aromatic carbocycles. The third kappa shape index (κ3) is 2.03. The third-order valence-corrected chi connectivity index (χ3v) is 3.29. The lowest BCUT2D eigenvalue weighted by molar-refractivity contribution is -0.0421. The Balaban J connectivity index is 2.44. The van der Waals surface area contributed by atoms with Crippen LogP contribution in [-0.2, 0) is 4.74 Å². The molecule has 0 radical (unpaired) electrons. The van der Waals surface area contributed by atoms with Gasteiger partial charge in [0, 0.05) is 6.61 Å². The van der Waals surface area contributed by atoms with E-state index < -0.39 is 11.8 Å². The van der Waals surface area contributed by atoms with Gasteiger partial charge in [0.05, 0.1) is 0 Å². The highest BCUT2D eigenvalue weighted by Gasteiger charge is 2.21. The molecule has 1 aliphatic rings. The van der Waals surface area contributed by atoms with Crippen LogP contribution in [0.1, 0.15) is 25.5 Å². The summed E-state index contributed by atoms with van der Waals surface area (Å²) >= 11 is 11.5. The first-order chi connectivity index (χ1) is 7.61. The fourth-order valence-electron chi connectivity index (χ4n) is 1.62. The van der Waals surface area contributed by atoms with E-state index >= 15 is 0 Å². The van der Waals surface area contributed by atoms with Gasteiger partial charge in [-0.3, -0.25) is 4.79 Å². The van der Waals surface area contributed by atoms with Crippen molar-refractivity contribution in [2.75, 3.05) is 12.3 Å². The molecule has 2 heterocycles. The Morgan fingerprint density at radius 3 is 2.75 bits per heavy atom. The standard InChI is InChI=1S/C9H11Cl2N3O2/c10-6-7(11)9(15)14(13-8(6)12)5-3-1-2-4-16-5/h5H,1-4H2,(H2,12,13). The summed E-state index contributed by atoms with van der Waals surface area (Å²) in [6.07, 6.45) is 2.31. The molecule has 2 N–H and O–H groups in total. The molecule has 16 heavy (non-hydrogen) atoms. The van der Waals surface area contributed by atoms with E-state index in [2.05, 4.69) is 5.10 Å². The summed E-state index contributed by atoms with van der Waals surface area (Å²) in [5, 5.41) is 3.79. The van der Waals surface area contributed by atoms with Gasteiger partial charge in [-0.15, -0.1) is 5.10 Å². The number of nitrogen functional groups attached to an aromatic ring is 1. The fraction of sp³-hybridized carbons (Fsp3) is 0.556. The van der Waals surface area contributed by atoms with Crippen molar-refractivity contribution < 1.29 is 4.74 Å². The Kier molecular flexibility index (Phi) is 3.37. The minimum atomic E-state index is -0.465. The van der Waals surface area contributed by atoms with Crippen molar-refractivity contribution in [3.63, 3.8) is 0 Å². The van der Waals surface area contributed by atoms with Crippen molar-refractivity contribution in [2.24, 2.45) is 0 Å². The molecule has 1 atom stereocenters. The average molecular weight is 264 g/mol. The monoisotopic (exact) mass is 263 g/mol. The average Bonchev–Trinajstić information content (AvgIpc) is 2.32. The Labute approximate surface area is 102 Å². The van der Waals surface area contributed by atoms with Crippen molar-refractivity contribution in [1.82, 2.24) is 9.78 Å². The lowest BCUT2D eigenvalue weighted by Gasteiger charge is -2.23. The predicted molar refractivity (Wildman–Crippen MR) is 61.8 cm³/mol. The maximum Gasteiger partial charge on any atom is 0.289 e. The van der Waals surface area contributed by atoms with Crippen molar-refractivity contribution in [1.29, 1.82) is 0 Å². The number of aromatic nitrogens is 2. The van der Waals surface area contributed by atoms with Crippen molar-refractivity contribution in [3.8, 4) is 0 Å². The summed E-state index contributed by atoms with van der Waals surface area (Å²) in [4.78, 5) is 11.8. The van der Waals surface area contributed by atoms with Crippen molar-refractivity contribution >= 4 is 29.0 Å². The second-order valence-corrected chi connectivity index (χ2v) is 4.34. The summed E-state index contributed by atoms with van der Waals surface area (Å²) in [5.74, 6) is 0.0421. The molecule has 0 saturated carbocycles. The topological polar surface area (TPSA) is 70.1 Å². The number of ether oxygens (including phenoxy) is 1. The highest BCUT2D eigenvalue weighted by atomic mass is 35.5. The summed E-state index contributed by atoms with van der Waals surface area (Å²) in [5.41, 5.74) is 5.09. The SMILES string of the molecule is Nc1nn(C2CCCCO2)c(=O)c(Cl)c1Cl.